The predicted molar refractivity (Wildman–Crippen MR) is 87.2 cm³/mol. The van der Waals surface area contributed by atoms with E-state index in [0.717, 1.165) is 18.4 Å². The normalized spacial score (nSPS) is 15.2. The smallest absolute Gasteiger partial charge is 0.292 e. The lowest BCUT2D eigenvalue weighted by atomic mass is 10.0. The molecule has 0 aromatic heterocycles. The Morgan fingerprint density at radius 3 is 2.64 bits per heavy atom. The van der Waals surface area contributed by atoms with Crippen LogP contribution in [0.15, 0.2) is 12.1 Å². The number of carbonyl (C=O) groups excluding carboxylic acids is 1. The minimum atomic E-state index is -0.367. The quantitative estimate of drug-likeness (QED) is 0.619. The van der Waals surface area contributed by atoms with Crippen molar-refractivity contribution in [3.8, 4) is 0 Å². The van der Waals surface area contributed by atoms with E-state index >= 15 is 0 Å². The van der Waals surface area contributed by atoms with E-state index < -0.39 is 0 Å². The number of hydrogen-bond acceptors (Lipinski definition) is 4. The molecule has 1 aliphatic heterocycles. The van der Waals surface area contributed by atoms with E-state index in [4.69, 9.17) is 0 Å². The average Bonchev–Trinajstić information content (AvgIpc) is 2.44. The molecule has 1 heterocycles. The van der Waals surface area contributed by atoms with Crippen LogP contribution in [0.5, 0.6) is 0 Å². The Morgan fingerprint density at radius 2 is 2.00 bits per heavy atom. The van der Waals surface area contributed by atoms with Gasteiger partial charge in [0.15, 0.2) is 0 Å². The van der Waals surface area contributed by atoms with Crippen molar-refractivity contribution >= 4 is 23.0 Å². The van der Waals surface area contributed by atoms with Gasteiger partial charge in [0.05, 0.1) is 4.92 Å². The fraction of sp³-hybridized carbons (Fsp3) is 0.562. The number of anilines is 2. The molecule has 0 spiro atoms. The van der Waals surface area contributed by atoms with Crippen molar-refractivity contribution in [3.05, 3.63) is 27.8 Å². The van der Waals surface area contributed by atoms with E-state index in [1.165, 1.54) is 0 Å². The van der Waals surface area contributed by atoms with Crippen LogP contribution in [0, 0.1) is 16.0 Å². The number of nitro benzene ring substituents is 1. The van der Waals surface area contributed by atoms with E-state index in [9.17, 15) is 14.9 Å². The van der Waals surface area contributed by atoms with Gasteiger partial charge in [0.1, 0.15) is 5.69 Å². The zero-order valence-corrected chi connectivity index (χ0v) is 13.3. The number of nitrogens with one attached hydrogen (secondary N) is 2. The molecule has 0 saturated carbocycles. The zero-order valence-electron chi connectivity index (χ0n) is 13.3. The highest BCUT2D eigenvalue weighted by Gasteiger charge is 2.23. The van der Waals surface area contributed by atoms with Gasteiger partial charge >= 0.3 is 0 Å². The fourth-order valence-electron chi connectivity index (χ4n) is 2.60. The minimum absolute atomic E-state index is 0.0415. The van der Waals surface area contributed by atoms with Crippen molar-refractivity contribution < 1.29 is 9.72 Å². The molecule has 0 radical (unpaired) electrons. The van der Waals surface area contributed by atoms with Crippen LogP contribution in [0.2, 0.25) is 0 Å². The summed E-state index contributed by atoms with van der Waals surface area (Å²) in [6.07, 6.45) is 2.93. The van der Waals surface area contributed by atoms with E-state index in [2.05, 4.69) is 24.5 Å². The van der Waals surface area contributed by atoms with Crippen LogP contribution < -0.4 is 10.6 Å². The van der Waals surface area contributed by atoms with Crippen LogP contribution >= 0.6 is 0 Å². The molecule has 1 aromatic rings. The molecule has 0 bridgehead atoms. The van der Waals surface area contributed by atoms with Gasteiger partial charge in [-0.25, -0.2) is 0 Å². The monoisotopic (exact) mass is 305 g/mol. The highest BCUT2D eigenvalue weighted by molar-refractivity contribution is 5.95. The number of amides is 1. The molecule has 0 fully saturated rings. The first-order valence-corrected chi connectivity index (χ1v) is 7.74. The summed E-state index contributed by atoms with van der Waals surface area (Å²) >= 11 is 0. The molecule has 1 aromatic carbocycles. The second-order valence-electron chi connectivity index (χ2n) is 6.35. The standard InChI is InChI=1S/C16H23N3O3/c1-10(2)4-5-11(3)17-14-9-13-12(6-7-16(20)18-13)8-15(14)19(21)22/h8-11,17H,4-7H2,1-3H3,(H,18,20). The number of nitro groups is 1. The predicted octanol–water partition coefficient (Wildman–Crippen LogP) is 3.72. The Balaban J connectivity index is 2.23. The number of rotatable bonds is 6. The van der Waals surface area contributed by atoms with Crippen molar-refractivity contribution in [2.75, 3.05) is 10.6 Å². The summed E-state index contributed by atoms with van der Waals surface area (Å²) in [4.78, 5) is 22.4. The second kappa shape index (κ2) is 6.77. The van der Waals surface area contributed by atoms with Crippen molar-refractivity contribution in [2.24, 2.45) is 5.92 Å². The Labute approximate surface area is 130 Å². The number of fused-ring (bicyclic) bond motifs is 1. The maximum Gasteiger partial charge on any atom is 0.292 e. The minimum Gasteiger partial charge on any atom is -0.377 e. The summed E-state index contributed by atoms with van der Waals surface area (Å²) in [5.41, 5.74) is 2.06. The molecule has 120 valence electrons. The van der Waals surface area contributed by atoms with E-state index in [1.54, 1.807) is 12.1 Å². The summed E-state index contributed by atoms with van der Waals surface area (Å²) in [6, 6.07) is 3.40. The Bertz CT molecular complexity index is 584. The first-order chi connectivity index (χ1) is 10.4. The van der Waals surface area contributed by atoms with Gasteiger partial charge in [-0.3, -0.25) is 14.9 Å². The molecule has 0 saturated heterocycles. The van der Waals surface area contributed by atoms with Gasteiger partial charge in [-0.1, -0.05) is 13.8 Å². The van der Waals surface area contributed by atoms with Crippen LogP contribution in [0.4, 0.5) is 17.1 Å². The average molecular weight is 305 g/mol. The molecule has 0 aliphatic carbocycles. The van der Waals surface area contributed by atoms with Gasteiger partial charge in [0, 0.05) is 24.2 Å². The third kappa shape index (κ3) is 3.96. The topological polar surface area (TPSA) is 84.3 Å². The van der Waals surface area contributed by atoms with E-state index in [1.807, 2.05) is 6.92 Å². The molecular formula is C16H23N3O3. The molecule has 1 unspecified atom stereocenters. The number of carbonyl (C=O) groups is 1. The lowest BCUT2D eigenvalue weighted by molar-refractivity contribution is -0.384. The maximum atomic E-state index is 11.5. The number of benzene rings is 1. The zero-order chi connectivity index (χ0) is 16.3. The molecule has 1 amide bonds. The SMILES string of the molecule is CC(C)CCC(C)Nc1cc2c(cc1[N+](=O)[O-])CCC(=O)N2. The van der Waals surface area contributed by atoms with Gasteiger partial charge in [0.25, 0.3) is 5.69 Å². The third-order valence-corrected chi connectivity index (χ3v) is 3.89. The Hall–Kier alpha value is -2.11. The number of aryl methyl sites for hydroxylation is 1. The van der Waals surface area contributed by atoms with Gasteiger partial charge < -0.3 is 10.6 Å². The maximum absolute atomic E-state index is 11.5. The van der Waals surface area contributed by atoms with E-state index in [-0.39, 0.29) is 22.6 Å². The summed E-state index contributed by atoms with van der Waals surface area (Å²) in [5, 5.41) is 17.3. The molecule has 2 N–H and O–H groups in total. The summed E-state index contributed by atoms with van der Waals surface area (Å²) in [7, 11) is 0. The lowest BCUT2D eigenvalue weighted by Gasteiger charge is -2.21. The Kier molecular flexibility index (Phi) is 5.00. The highest BCUT2D eigenvalue weighted by Crippen LogP contribution is 2.34. The largest absolute Gasteiger partial charge is 0.377 e. The van der Waals surface area contributed by atoms with Crippen LogP contribution in [-0.4, -0.2) is 16.9 Å². The Morgan fingerprint density at radius 1 is 1.27 bits per heavy atom. The van der Waals surface area contributed by atoms with Gasteiger partial charge in [-0.05, 0) is 43.7 Å². The first-order valence-electron chi connectivity index (χ1n) is 7.74. The van der Waals surface area contributed by atoms with Crippen LogP contribution in [0.1, 0.15) is 45.6 Å². The summed E-state index contributed by atoms with van der Waals surface area (Å²) in [6.45, 7) is 6.33. The van der Waals surface area contributed by atoms with Crippen molar-refractivity contribution in [1.29, 1.82) is 0 Å². The first kappa shape index (κ1) is 16.3. The molecule has 1 atom stereocenters. The van der Waals surface area contributed by atoms with Gasteiger partial charge in [0.2, 0.25) is 5.91 Å². The molecule has 2 rings (SSSR count). The van der Waals surface area contributed by atoms with Crippen molar-refractivity contribution in [1.82, 2.24) is 0 Å². The summed E-state index contributed by atoms with van der Waals surface area (Å²) < 4.78 is 0. The number of nitrogens with zero attached hydrogens (tertiary/aromatic N) is 1. The van der Waals surface area contributed by atoms with E-state index in [0.29, 0.717) is 30.1 Å². The summed E-state index contributed by atoms with van der Waals surface area (Å²) in [5.74, 6) is 0.558. The molecular weight excluding hydrogens is 282 g/mol. The molecule has 22 heavy (non-hydrogen) atoms. The second-order valence-corrected chi connectivity index (χ2v) is 6.35. The highest BCUT2D eigenvalue weighted by atomic mass is 16.6. The molecule has 1 aliphatic rings. The van der Waals surface area contributed by atoms with Crippen molar-refractivity contribution in [2.45, 2.75) is 52.5 Å². The van der Waals surface area contributed by atoms with Crippen LogP contribution in [0.25, 0.3) is 0 Å². The van der Waals surface area contributed by atoms with Crippen LogP contribution in [0.3, 0.4) is 0 Å². The van der Waals surface area contributed by atoms with Gasteiger partial charge in [-0.2, -0.15) is 0 Å². The molecule has 6 nitrogen and oxygen atoms in total. The third-order valence-electron chi connectivity index (χ3n) is 3.89. The van der Waals surface area contributed by atoms with Crippen LogP contribution in [-0.2, 0) is 11.2 Å². The fourth-order valence-corrected chi connectivity index (χ4v) is 2.60. The van der Waals surface area contributed by atoms with Gasteiger partial charge in [-0.15, -0.1) is 0 Å². The molecule has 6 heteroatoms. The lowest BCUT2D eigenvalue weighted by Crippen LogP contribution is -2.21. The number of hydrogen-bond donors (Lipinski definition) is 2. The van der Waals surface area contributed by atoms with Crippen molar-refractivity contribution in [3.63, 3.8) is 0 Å².